The lowest BCUT2D eigenvalue weighted by Gasteiger charge is -2.62. The summed E-state index contributed by atoms with van der Waals surface area (Å²) in [7, 11) is 0. The van der Waals surface area contributed by atoms with Gasteiger partial charge in [-0.25, -0.2) is 9.98 Å². The number of hydrogen-bond donors (Lipinski definition) is 4. The highest BCUT2D eigenvalue weighted by Gasteiger charge is 2.56. The van der Waals surface area contributed by atoms with E-state index in [2.05, 4.69) is 36.3 Å². The first kappa shape index (κ1) is 30.2. The lowest BCUT2D eigenvalue weighted by Crippen LogP contribution is -2.64. The van der Waals surface area contributed by atoms with Crippen LogP contribution in [0.15, 0.2) is 46.2 Å². The minimum atomic E-state index is -0.359. The zero-order valence-electron chi connectivity index (χ0n) is 24.9. The van der Waals surface area contributed by atoms with Gasteiger partial charge in [0.05, 0.1) is 29.3 Å². The van der Waals surface area contributed by atoms with E-state index in [0.717, 1.165) is 17.9 Å². The lowest BCUT2D eigenvalue weighted by atomic mass is 9.45. The maximum absolute atomic E-state index is 13.7. The van der Waals surface area contributed by atoms with Crippen LogP contribution in [0.1, 0.15) is 39.2 Å². The van der Waals surface area contributed by atoms with Gasteiger partial charge in [0.15, 0.2) is 5.96 Å². The molecular formula is C32H40Cl2N6O3. The van der Waals surface area contributed by atoms with Gasteiger partial charge >= 0.3 is 0 Å². The van der Waals surface area contributed by atoms with Crippen LogP contribution in [0.5, 0.6) is 0 Å². The molecule has 7 rings (SSSR count). The number of nitrogens with one attached hydrogen (secondary N) is 2. The number of rotatable bonds is 8. The van der Waals surface area contributed by atoms with Gasteiger partial charge < -0.3 is 25.7 Å². The molecule has 2 bridgehead atoms. The Morgan fingerprint density at radius 1 is 1.16 bits per heavy atom. The van der Waals surface area contributed by atoms with E-state index in [4.69, 9.17) is 33.2 Å². The fraction of sp³-hybridized carbons (Fsp3) is 0.531. The van der Waals surface area contributed by atoms with E-state index in [9.17, 15) is 15.0 Å². The predicted octanol–water partition coefficient (Wildman–Crippen LogP) is 4.67. The number of aliphatic hydroxyl groups excluding tert-OH is 2. The standard InChI is InChI=1S/C32H40Cl2N6O3/c1-18-25-12-20(32(25,2)3)13-27(18)37-31(39-16-23(42)17-39)36-22-6-7-24-28(15-22)38-30(35-9-11-41)40(29(24)43)10-8-19-4-5-21(33)14-26(19)34/h4-7,14-15,18,20,23,25,27,41-42H,8-13,16-17H2,1-3H3,(H,35,38)(H,36,37)/t18-,20-,25-,27+/m1/s1. The lowest BCUT2D eigenvalue weighted by molar-refractivity contribution is -0.112. The Labute approximate surface area is 261 Å². The van der Waals surface area contributed by atoms with Gasteiger partial charge in [0.25, 0.3) is 5.56 Å². The molecule has 4 aliphatic rings. The number of aliphatic imine (C=N–C) groups is 1. The Kier molecular flexibility index (Phi) is 8.37. The molecule has 3 aliphatic carbocycles. The second-order valence-electron chi connectivity index (χ2n) is 12.9. The van der Waals surface area contributed by atoms with Crippen molar-refractivity contribution in [2.45, 2.75) is 58.7 Å². The topological polar surface area (TPSA) is 115 Å². The van der Waals surface area contributed by atoms with E-state index in [1.165, 1.54) is 6.42 Å². The van der Waals surface area contributed by atoms with Gasteiger partial charge in [-0.05, 0) is 78.3 Å². The van der Waals surface area contributed by atoms with Crippen molar-refractivity contribution < 1.29 is 10.2 Å². The number of nitrogens with zero attached hydrogens (tertiary/aromatic N) is 4. The first-order valence-electron chi connectivity index (χ1n) is 15.2. The van der Waals surface area contributed by atoms with Gasteiger partial charge in [-0.15, -0.1) is 0 Å². The zero-order valence-corrected chi connectivity index (χ0v) is 26.4. The van der Waals surface area contributed by atoms with E-state index in [-0.39, 0.29) is 24.8 Å². The average molecular weight is 628 g/mol. The quantitative estimate of drug-likeness (QED) is 0.212. The molecule has 2 aromatic carbocycles. The molecule has 4 N–H and O–H groups in total. The van der Waals surface area contributed by atoms with Crippen LogP contribution in [0.3, 0.4) is 0 Å². The fourth-order valence-corrected chi connectivity index (χ4v) is 7.70. The number of aliphatic hydroxyl groups is 2. The van der Waals surface area contributed by atoms with Gasteiger partial charge in [0.2, 0.25) is 5.95 Å². The molecular weight excluding hydrogens is 587 g/mol. The summed E-state index contributed by atoms with van der Waals surface area (Å²) in [5.74, 6) is 3.06. The highest BCUT2D eigenvalue weighted by molar-refractivity contribution is 6.35. The predicted molar refractivity (Wildman–Crippen MR) is 173 cm³/mol. The van der Waals surface area contributed by atoms with Crippen molar-refractivity contribution in [3.63, 3.8) is 0 Å². The maximum Gasteiger partial charge on any atom is 0.262 e. The average Bonchev–Trinajstić information content (AvgIpc) is 2.95. The van der Waals surface area contributed by atoms with Crippen molar-refractivity contribution >= 4 is 51.7 Å². The van der Waals surface area contributed by atoms with E-state index >= 15 is 0 Å². The van der Waals surface area contributed by atoms with Crippen LogP contribution < -0.4 is 16.2 Å². The molecule has 3 aromatic rings. The number of aryl methyl sites for hydroxylation is 1. The van der Waals surface area contributed by atoms with Crippen LogP contribution in [0, 0.1) is 23.2 Å². The molecule has 3 saturated carbocycles. The number of hydrogen-bond acceptors (Lipinski definition) is 6. The number of aromatic nitrogens is 2. The van der Waals surface area contributed by atoms with Crippen LogP contribution in [0.2, 0.25) is 10.0 Å². The number of anilines is 1. The summed E-state index contributed by atoms with van der Waals surface area (Å²) in [5.41, 5.74) is 2.27. The van der Waals surface area contributed by atoms with Gasteiger partial charge in [0.1, 0.15) is 0 Å². The number of β-amino-alcohol motifs (C(OH)–C–C–N with tert-alkyl or cyclic N) is 1. The molecule has 11 heteroatoms. The molecule has 9 nitrogen and oxygen atoms in total. The third-order valence-electron chi connectivity index (χ3n) is 10.0. The van der Waals surface area contributed by atoms with Gasteiger partial charge in [-0.3, -0.25) is 9.36 Å². The molecule has 230 valence electrons. The summed E-state index contributed by atoms with van der Waals surface area (Å²) in [6.45, 7) is 8.70. The Balaban J connectivity index is 1.29. The third-order valence-corrected chi connectivity index (χ3v) is 10.6. The van der Waals surface area contributed by atoms with Crippen LogP contribution in [0.4, 0.5) is 11.6 Å². The smallest absolute Gasteiger partial charge is 0.262 e. The molecule has 1 saturated heterocycles. The highest BCUT2D eigenvalue weighted by atomic mass is 35.5. The van der Waals surface area contributed by atoms with E-state index in [1.54, 1.807) is 22.8 Å². The fourth-order valence-electron chi connectivity index (χ4n) is 7.20. The molecule has 4 fully saturated rings. The third kappa shape index (κ3) is 5.84. The molecule has 0 unspecified atom stereocenters. The van der Waals surface area contributed by atoms with Crippen LogP contribution in [-0.2, 0) is 13.0 Å². The summed E-state index contributed by atoms with van der Waals surface area (Å²) in [4.78, 5) is 25.5. The van der Waals surface area contributed by atoms with Crippen LogP contribution >= 0.6 is 23.2 Å². The summed E-state index contributed by atoms with van der Waals surface area (Å²) in [6, 6.07) is 11.1. The molecule has 0 radical (unpaired) electrons. The van der Waals surface area contributed by atoms with E-state index < -0.39 is 0 Å². The summed E-state index contributed by atoms with van der Waals surface area (Å²) in [6.07, 6.45) is 2.56. The van der Waals surface area contributed by atoms with E-state index in [1.807, 2.05) is 18.2 Å². The second kappa shape index (κ2) is 11.9. The largest absolute Gasteiger partial charge is 0.395 e. The Bertz CT molecular complexity index is 1600. The van der Waals surface area contributed by atoms with Gasteiger partial charge in [0, 0.05) is 42.3 Å². The van der Waals surface area contributed by atoms with Crippen molar-refractivity contribution in [2.75, 3.05) is 31.6 Å². The van der Waals surface area contributed by atoms with Crippen molar-refractivity contribution in [1.82, 2.24) is 19.8 Å². The molecule has 0 amide bonds. The van der Waals surface area contributed by atoms with Crippen molar-refractivity contribution in [2.24, 2.45) is 28.2 Å². The molecule has 43 heavy (non-hydrogen) atoms. The first-order valence-corrected chi connectivity index (χ1v) is 15.9. The summed E-state index contributed by atoms with van der Waals surface area (Å²) >= 11 is 12.4. The number of fused-ring (bicyclic) bond motifs is 3. The molecule has 4 atom stereocenters. The number of benzene rings is 2. The van der Waals surface area contributed by atoms with Crippen LogP contribution in [0.25, 0.3) is 10.9 Å². The summed E-state index contributed by atoms with van der Waals surface area (Å²) in [5, 5.41) is 27.9. The van der Waals surface area contributed by atoms with Crippen molar-refractivity contribution in [3.8, 4) is 0 Å². The van der Waals surface area contributed by atoms with Crippen molar-refractivity contribution in [1.29, 1.82) is 0 Å². The van der Waals surface area contributed by atoms with Gasteiger partial charge in [-0.2, -0.15) is 0 Å². The SMILES string of the molecule is C[C@H]1[C@@H](NC(=Nc2ccc3c(=O)n(CCc4ccc(Cl)cc4Cl)c(NCCO)nc3c2)N2CC(O)C2)C[C@H]2C[C@H]1C2(C)C. The normalized spacial score (nSPS) is 24.9. The maximum atomic E-state index is 13.7. The van der Waals surface area contributed by atoms with Crippen LogP contribution in [-0.4, -0.2) is 69.0 Å². The Morgan fingerprint density at radius 3 is 2.63 bits per heavy atom. The minimum Gasteiger partial charge on any atom is -0.395 e. The summed E-state index contributed by atoms with van der Waals surface area (Å²) < 4.78 is 1.58. The number of guanidine groups is 1. The van der Waals surface area contributed by atoms with E-state index in [0.29, 0.717) is 87.8 Å². The van der Waals surface area contributed by atoms with Crippen molar-refractivity contribution in [3.05, 3.63) is 62.4 Å². The number of halogens is 2. The highest BCUT2D eigenvalue weighted by Crippen LogP contribution is 2.61. The Hall–Kier alpha value is -2.85. The molecule has 0 spiro atoms. The molecule has 2 heterocycles. The zero-order chi connectivity index (χ0) is 30.5. The second-order valence-corrected chi connectivity index (χ2v) is 13.8. The Morgan fingerprint density at radius 2 is 1.95 bits per heavy atom. The minimum absolute atomic E-state index is 0.101. The first-order chi connectivity index (χ1) is 20.5. The number of likely N-dealkylation sites (tertiary alicyclic amines) is 1. The monoisotopic (exact) mass is 626 g/mol. The van der Waals surface area contributed by atoms with Gasteiger partial charge in [-0.1, -0.05) is 50.0 Å². The molecule has 1 aromatic heterocycles. The molecule has 1 aliphatic heterocycles.